The van der Waals surface area contributed by atoms with Gasteiger partial charge in [0, 0.05) is 16.9 Å². The van der Waals surface area contributed by atoms with Gasteiger partial charge in [-0.15, -0.1) is 0 Å². The third-order valence-corrected chi connectivity index (χ3v) is 3.64. The molecular weight excluding hydrogens is 246 g/mol. The second-order valence-electron chi connectivity index (χ2n) is 4.00. The van der Waals surface area contributed by atoms with E-state index in [4.69, 9.17) is 4.42 Å². The van der Waals surface area contributed by atoms with Gasteiger partial charge in [-0.1, -0.05) is 25.1 Å². The maximum absolute atomic E-state index is 11.8. The first-order chi connectivity index (χ1) is 8.61. The van der Waals surface area contributed by atoms with Gasteiger partial charge in [-0.3, -0.25) is 4.79 Å². The van der Waals surface area contributed by atoms with Crippen molar-refractivity contribution >= 4 is 17.5 Å². The Kier molecular flexibility index (Phi) is 3.87. The second-order valence-corrected chi connectivity index (χ2v) is 4.99. The van der Waals surface area contributed by atoms with Crippen LogP contribution < -0.4 is 0 Å². The summed E-state index contributed by atoms with van der Waals surface area (Å²) in [5.74, 6) is 0.954. The highest BCUT2D eigenvalue weighted by atomic mass is 32.2. The molecule has 0 saturated carbocycles. The predicted octanol–water partition coefficient (Wildman–Crippen LogP) is 4.04. The number of rotatable bonds is 4. The zero-order valence-corrected chi connectivity index (χ0v) is 11.5. The van der Waals surface area contributed by atoms with Crippen LogP contribution in [-0.2, 0) is 0 Å². The molecule has 0 atom stereocenters. The summed E-state index contributed by atoms with van der Waals surface area (Å²) in [5, 5.41) is 0.585. The Labute approximate surface area is 111 Å². The molecule has 2 aromatic rings. The number of Topliss-reactive ketones (excluding diaryl/α,β-unsaturated/α-hetero) is 1. The van der Waals surface area contributed by atoms with Gasteiger partial charge in [-0.25, -0.2) is 4.98 Å². The van der Waals surface area contributed by atoms with Crippen molar-refractivity contribution < 1.29 is 9.21 Å². The minimum absolute atomic E-state index is 0.137. The fourth-order valence-corrected chi connectivity index (χ4v) is 2.53. The van der Waals surface area contributed by atoms with E-state index in [2.05, 4.69) is 4.98 Å². The molecule has 0 aliphatic heterocycles. The van der Waals surface area contributed by atoms with Crippen LogP contribution in [0.1, 0.15) is 35.2 Å². The molecule has 0 bridgehead atoms. The van der Waals surface area contributed by atoms with Crippen LogP contribution in [-0.4, -0.2) is 10.8 Å². The largest absolute Gasteiger partial charge is 0.436 e. The summed E-state index contributed by atoms with van der Waals surface area (Å²) < 4.78 is 5.53. The normalized spacial score (nSPS) is 10.6. The van der Waals surface area contributed by atoms with Crippen LogP contribution in [0.2, 0.25) is 0 Å². The lowest BCUT2D eigenvalue weighted by Crippen LogP contribution is -1.98. The van der Waals surface area contributed by atoms with Crippen molar-refractivity contribution in [2.24, 2.45) is 0 Å². The summed E-state index contributed by atoms with van der Waals surface area (Å²) in [6.07, 6.45) is 0.501. The summed E-state index contributed by atoms with van der Waals surface area (Å²) in [7, 11) is 0. The van der Waals surface area contributed by atoms with Gasteiger partial charge >= 0.3 is 0 Å². The number of aromatic nitrogens is 1. The van der Waals surface area contributed by atoms with E-state index in [-0.39, 0.29) is 5.78 Å². The van der Waals surface area contributed by atoms with Gasteiger partial charge in [0.2, 0.25) is 0 Å². The molecule has 18 heavy (non-hydrogen) atoms. The third-order valence-electron chi connectivity index (χ3n) is 2.71. The highest BCUT2D eigenvalue weighted by Gasteiger charge is 2.13. The molecule has 1 heterocycles. The number of aryl methyl sites for hydroxylation is 2. The van der Waals surface area contributed by atoms with E-state index in [1.807, 2.05) is 45.0 Å². The number of benzene rings is 1. The van der Waals surface area contributed by atoms with Crippen LogP contribution in [0, 0.1) is 13.8 Å². The summed E-state index contributed by atoms with van der Waals surface area (Å²) in [6.45, 7) is 5.66. The molecule has 94 valence electrons. The summed E-state index contributed by atoms with van der Waals surface area (Å²) in [6, 6.07) is 7.55. The lowest BCUT2D eigenvalue weighted by atomic mass is 10.1. The highest BCUT2D eigenvalue weighted by molar-refractivity contribution is 7.99. The van der Waals surface area contributed by atoms with Crippen LogP contribution in [0.4, 0.5) is 0 Å². The number of oxazole rings is 1. The Morgan fingerprint density at radius 2 is 2.06 bits per heavy atom. The van der Waals surface area contributed by atoms with E-state index < -0.39 is 0 Å². The Morgan fingerprint density at radius 1 is 1.33 bits per heavy atom. The van der Waals surface area contributed by atoms with E-state index in [9.17, 15) is 4.79 Å². The van der Waals surface area contributed by atoms with Gasteiger partial charge in [0.15, 0.2) is 5.78 Å². The Bertz CT molecular complexity index is 555. The lowest BCUT2D eigenvalue weighted by molar-refractivity contribution is 0.0985. The quantitative estimate of drug-likeness (QED) is 0.779. The number of nitrogens with zero attached hydrogens (tertiary/aromatic N) is 1. The fourth-order valence-electron chi connectivity index (χ4n) is 1.56. The highest BCUT2D eigenvalue weighted by Crippen LogP contribution is 2.31. The van der Waals surface area contributed by atoms with E-state index in [1.54, 1.807) is 0 Å². The van der Waals surface area contributed by atoms with Gasteiger partial charge in [0.1, 0.15) is 5.76 Å². The number of ketones is 1. The topological polar surface area (TPSA) is 43.1 Å². The van der Waals surface area contributed by atoms with Crippen molar-refractivity contribution in [3.63, 3.8) is 0 Å². The lowest BCUT2D eigenvalue weighted by Gasteiger charge is -2.04. The molecule has 0 fully saturated rings. The molecule has 0 radical (unpaired) electrons. The molecule has 2 rings (SSSR count). The maximum atomic E-state index is 11.8. The van der Waals surface area contributed by atoms with Crippen molar-refractivity contribution in [1.29, 1.82) is 0 Å². The molecule has 0 unspecified atom stereocenters. The van der Waals surface area contributed by atoms with E-state index >= 15 is 0 Å². The zero-order chi connectivity index (χ0) is 13.1. The molecule has 0 aliphatic carbocycles. The van der Waals surface area contributed by atoms with Crippen LogP contribution in [0.3, 0.4) is 0 Å². The maximum Gasteiger partial charge on any atom is 0.261 e. The Morgan fingerprint density at radius 3 is 2.67 bits per heavy atom. The first kappa shape index (κ1) is 12.9. The van der Waals surface area contributed by atoms with E-state index in [1.165, 1.54) is 11.8 Å². The van der Waals surface area contributed by atoms with Crippen LogP contribution in [0.5, 0.6) is 0 Å². The number of carbonyl (C=O) groups excluding carboxylic acids is 1. The zero-order valence-electron chi connectivity index (χ0n) is 10.7. The second kappa shape index (κ2) is 5.40. The summed E-state index contributed by atoms with van der Waals surface area (Å²) >= 11 is 1.39. The third kappa shape index (κ3) is 2.64. The van der Waals surface area contributed by atoms with Crippen molar-refractivity contribution in [3.8, 4) is 0 Å². The molecule has 0 spiro atoms. The predicted molar refractivity (Wildman–Crippen MR) is 71.2 cm³/mol. The molecule has 1 aromatic heterocycles. The molecule has 0 saturated heterocycles. The fraction of sp³-hybridized carbons (Fsp3) is 0.286. The number of carbonyl (C=O) groups is 1. The first-order valence-corrected chi connectivity index (χ1v) is 6.67. The molecule has 0 N–H and O–H groups in total. The Hall–Kier alpha value is -1.55. The minimum Gasteiger partial charge on any atom is -0.436 e. The molecule has 0 aliphatic rings. The van der Waals surface area contributed by atoms with Crippen LogP contribution in [0.15, 0.2) is 38.8 Å². The smallest absolute Gasteiger partial charge is 0.261 e. The summed E-state index contributed by atoms with van der Waals surface area (Å²) in [4.78, 5) is 17.0. The standard InChI is InChI=1S/C14H15NO2S/c1-4-12(16)11-7-5-6-8-13(11)18-14-15-9(2)10(3)17-14/h5-8H,4H2,1-3H3. The SMILES string of the molecule is CCC(=O)c1ccccc1Sc1nc(C)c(C)o1. The van der Waals surface area contributed by atoms with Gasteiger partial charge in [-0.2, -0.15) is 0 Å². The van der Waals surface area contributed by atoms with E-state index in [0.29, 0.717) is 11.6 Å². The van der Waals surface area contributed by atoms with Crippen LogP contribution in [0.25, 0.3) is 0 Å². The van der Waals surface area contributed by atoms with Gasteiger partial charge < -0.3 is 4.42 Å². The van der Waals surface area contributed by atoms with Crippen LogP contribution >= 0.6 is 11.8 Å². The average molecular weight is 261 g/mol. The first-order valence-electron chi connectivity index (χ1n) is 5.86. The monoisotopic (exact) mass is 261 g/mol. The average Bonchev–Trinajstić information content (AvgIpc) is 2.68. The van der Waals surface area contributed by atoms with Crippen molar-refractivity contribution in [3.05, 3.63) is 41.3 Å². The van der Waals surface area contributed by atoms with Gasteiger partial charge in [0.05, 0.1) is 5.69 Å². The summed E-state index contributed by atoms with van der Waals surface area (Å²) in [5.41, 5.74) is 1.62. The van der Waals surface area contributed by atoms with Gasteiger partial charge in [-0.05, 0) is 31.7 Å². The molecule has 1 aromatic carbocycles. The van der Waals surface area contributed by atoms with Crippen molar-refractivity contribution in [2.45, 2.75) is 37.3 Å². The molecular formula is C14H15NO2S. The molecule has 0 amide bonds. The Balaban J connectivity index is 2.31. The minimum atomic E-state index is 0.137. The van der Waals surface area contributed by atoms with Crippen molar-refractivity contribution in [1.82, 2.24) is 4.98 Å². The number of hydrogen-bond donors (Lipinski definition) is 0. The van der Waals surface area contributed by atoms with E-state index in [0.717, 1.165) is 21.9 Å². The van der Waals surface area contributed by atoms with Gasteiger partial charge in [0.25, 0.3) is 5.22 Å². The van der Waals surface area contributed by atoms with Crippen molar-refractivity contribution in [2.75, 3.05) is 0 Å². The number of hydrogen-bond acceptors (Lipinski definition) is 4. The molecule has 3 nitrogen and oxygen atoms in total. The molecule has 4 heteroatoms.